The zero-order valence-electron chi connectivity index (χ0n) is 18.1. The Morgan fingerprint density at radius 3 is 2.50 bits per heavy atom. The SMILES string of the molecule is CCCCOc1cc(F)c(CCN2CCCCC2(C)OCc2ccccc2)c(F)c1. The van der Waals surface area contributed by atoms with Crippen LogP contribution in [-0.4, -0.2) is 30.3 Å². The zero-order chi connectivity index (χ0) is 21.4. The molecule has 0 bridgehead atoms. The molecule has 0 N–H and O–H groups in total. The van der Waals surface area contributed by atoms with E-state index in [9.17, 15) is 8.78 Å². The normalized spacial score (nSPS) is 19.7. The Hall–Kier alpha value is -1.98. The molecule has 164 valence electrons. The van der Waals surface area contributed by atoms with Crippen molar-refractivity contribution in [1.29, 1.82) is 0 Å². The van der Waals surface area contributed by atoms with Crippen LogP contribution >= 0.6 is 0 Å². The number of halogens is 2. The van der Waals surface area contributed by atoms with Crippen LogP contribution in [0.5, 0.6) is 5.75 Å². The van der Waals surface area contributed by atoms with Crippen molar-refractivity contribution in [2.24, 2.45) is 0 Å². The number of hydrogen-bond donors (Lipinski definition) is 0. The fourth-order valence-electron chi connectivity index (χ4n) is 3.96. The summed E-state index contributed by atoms with van der Waals surface area (Å²) < 4.78 is 40.9. The van der Waals surface area contributed by atoms with E-state index in [1.807, 2.05) is 37.3 Å². The number of unbranched alkanes of at least 4 members (excludes halogenated alkanes) is 1. The summed E-state index contributed by atoms with van der Waals surface area (Å²) in [5.41, 5.74) is 0.818. The van der Waals surface area contributed by atoms with Gasteiger partial charge < -0.3 is 9.47 Å². The molecule has 1 heterocycles. The second-order valence-electron chi connectivity index (χ2n) is 8.21. The first-order chi connectivity index (χ1) is 14.5. The molecule has 1 fully saturated rings. The summed E-state index contributed by atoms with van der Waals surface area (Å²) in [6, 6.07) is 12.7. The van der Waals surface area contributed by atoms with Gasteiger partial charge in [0.05, 0.1) is 13.2 Å². The predicted octanol–water partition coefficient (Wildman–Crippen LogP) is 6.11. The van der Waals surface area contributed by atoms with Crippen molar-refractivity contribution in [3.05, 3.63) is 65.2 Å². The molecule has 5 heteroatoms. The van der Waals surface area contributed by atoms with Crippen LogP contribution in [-0.2, 0) is 17.8 Å². The number of ether oxygens (including phenoxy) is 2. The first-order valence-electron chi connectivity index (χ1n) is 11.1. The molecule has 0 radical (unpaired) electrons. The van der Waals surface area contributed by atoms with Crippen molar-refractivity contribution >= 4 is 0 Å². The summed E-state index contributed by atoms with van der Waals surface area (Å²) in [5.74, 6) is -0.813. The molecule has 3 nitrogen and oxygen atoms in total. The third-order valence-corrected chi connectivity index (χ3v) is 5.89. The lowest BCUT2D eigenvalue weighted by Crippen LogP contribution is -2.52. The summed E-state index contributed by atoms with van der Waals surface area (Å²) in [5, 5.41) is 0. The molecule has 1 aliphatic heterocycles. The van der Waals surface area contributed by atoms with Gasteiger partial charge in [0, 0.05) is 30.8 Å². The van der Waals surface area contributed by atoms with Gasteiger partial charge in [0.15, 0.2) is 0 Å². The van der Waals surface area contributed by atoms with Gasteiger partial charge >= 0.3 is 0 Å². The molecule has 1 aliphatic rings. The molecule has 0 aliphatic carbocycles. The molecule has 2 aromatic carbocycles. The largest absolute Gasteiger partial charge is 0.493 e. The van der Waals surface area contributed by atoms with E-state index in [1.165, 1.54) is 12.1 Å². The van der Waals surface area contributed by atoms with E-state index in [0.29, 0.717) is 26.2 Å². The highest BCUT2D eigenvalue weighted by Crippen LogP contribution is 2.31. The second-order valence-corrected chi connectivity index (χ2v) is 8.21. The van der Waals surface area contributed by atoms with Crippen molar-refractivity contribution in [3.8, 4) is 5.75 Å². The number of benzene rings is 2. The van der Waals surface area contributed by atoms with Gasteiger partial charge in [0.25, 0.3) is 0 Å². The molecule has 0 saturated carbocycles. The minimum absolute atomic E-state index is 0.119. The Morgan fingerprint density at radius 2 is 1.80 bits per heavy atom. The van der Waals surface area contributed by atoms with Gasteiger partial charge in [-0.3, -0.25) is 4.90 Å². The molecule has 3 rings (SSSR count). The molecule has 2 aromatic rings. The quantitative estimate of drug-likeness (QED) is 0.436. The molecule has 1 unspecified atom stereocenters. The van der Waals surface area contributed by atoms with E-state index in [4.69, 9.17) is 9.47 Å². The van der Waals surface area contributed by atoms with Crippen LogP contribution in [0, 0.1) is 11.6 Å². The van der Waals surface area contributed by atoms with Gasteiger partial charge in [-0.05, 0) is 44.6 Å². The fraction of sp³-hybridized carbons (Fsp3) is 0.520. The zero-order valence-corrected chi connectivity index (χ0v) is 18.1. The predicted molar refractivity (Wildman–Crippen MR) is 116 cm³/mol. The maximum absolute atomic E-state index is 14.6. The van der Waals surface area contributed by atoms with Crippen LogP contribution in [0.4, 0.5) is 8.78 Å². The Balaban J connectivity index is 1.62. The van der Waals surface area contributed by atoms with Gasteiger partial charge in [-0.25, -0.2) is 8.78 Å². The molecular formula is C25H33F2NO2. The molecule has 0 spiro atoms. The molecular weight excluding hydrogens is 384 g/mol. The van der Waals surface area contributed by atoms with Crippen LogP contribution in [0.3, 0.4) is 0 Å². The topological polar surface area (TPSA) is 21.7 Å². The lowest BCUT2D eigenvalue weighted by Gasteiger charge is -2.44. The summed E-state index contributed by atoms with van der Waals surface area (Å²) in [6.07, 6.45) is 5.21. The van der Waals surface area contributed by atoms with E-state index in [1.54, 1.807) is 0 Å². The number of piperidine rings is 1. The number of rotatable bonds is 10. The highest BCUT2D eigenvalue weighted by atomic mass is 19.1. The minimum Gasteiger partial charge on any atom is -0.493 e. The van der Waals surface area contributed by atoms with Crippen LogP contribution in [0.15, 0.2) is 42.5 Å². The average Bonchev–Trinajstić information content (AvgIpc) is 2.74. The Bertz CT molecular complexity index is 776. The van der Waals surface area contributed by atoms with Crippen LogP contribution in [0.2, 0.25) is 0 Å². The standard InChI is InChI=1S/C25H33F2NO2/c1-3-4-16-29-21-17-23(26)22(24(27)18-21)12-15-28-14-9-8-13-25(28,2)30-19-20-10-6-5-7-11-20/h5-7,10-11,17-18H,3-4,8-9,12-16,19H2,1-2H3. The third kappa shape index (κ3) is 6.02. The van der Waals surface area contributed by atoms with Crippen LogP contribution < -0.4 is 4.74 Å². The molecule has 30 heavy (non-hydrogen) atoms. The first-order valence-corrected chi connectivity index (χ1v) is 11.1. The van der Waals surface area contributed by atoms with Crippen molar-refractivity contribution in [2.45, 2.75) is 64.7 Å². The maximum Gasteiger partial charge on any atom is 0.133 e. The van der Waals surface area contributed by atoms with Gasteiger partial charge in [0.1, 0.15) is 23.1 Å². The maximum atomic E-state index is 14.6. The van der Waals surface area contributed by atoms with Crippen LogP contribution in [0.1, 0.15) is 57.1 Å². The van der Waals surface area contributed by atoms with Crippen LogP contribution in [0.25, 0.3) is 0 Å². The lowest BCUT2D eigenvalue weighted by atomic mass is 9.98. The van der Waals surface area contributed by atoms with Crippen molar-refractivity contribution in [3.63, 3.8) is 0 Å². The summed E-state index contributed by atoms with van der Waals surface area (Å²) in [7, 11) is 0. The van der Waals surface area contributed by atoms with Gasteiger partial charge in [-0.15, -0.1) is 0 Å². The summed E-state index contributed by atoms with van der Waals surface area (Å²) in [4.78, 5) is 2.23. The Kier molecular flexibility index (Phi) is 8.23. The first kappa shape index (κ1) is 22.7. The van der Waals surface area contributed by atoms with E-state index < -0.39 is 17.4 Å². The summed E-state index contributed by atoms with van der Waals surface area (Å²) >= 11 is 0. The average molecular weight is 418 g/mol. The Labute approximate surface area is 179 Å². The number of nitrogens with zero attached hydrogens (tertiary/aromatic N) is 1. The van der Waals surface area contributed by atoms with Gasteiger partial charge in [-0.1, -0.05) is 43.7 Å². The number of hydrogen-bond acceptors (Lipinski definition) is 3. The molecule has 0 amide bonds. The monoisotopic (exact) mass is 417 g/mol. The van der Waals surface area contributed by atoms with Gasteiger partial charge in [0.2, 0.25) is 0 Å². The number of likely N-dealkylation sites (tertiary alicyclic amines) is 1. The van der Waals surface area contributed by atoms with Crippen molar-refractivity contribution in [1.82, 2.24) is 4.90 Å². The minimum atomic E-state index is -0.537. The lowest BCUT2D eigenvalue weighted by molar-refractivity contribution is -0.170. The van der Waals surface area contributed by atoms with Gasteiger partial charge in [-0.2, -0.15) is 0 Å². The van der Waals surface area contributed by atoms with E-state index in [2.05, 4.69) is 11.8 Å². The highest BCUT2D eigenvalue weighted by Gasteiger charge is 2.35. The van der Waals surface area contributed by atoms with Crippen molar-refractivity contribution < 1.29 is 18.3 Å². The van der Waals surface area contributed by atoms with Crippen molar-refractivity contribution in [2.75, 3.05) is 19.7 Å². The molecule has 1 atom stereocenters. The Morgan fingerprint density at radius 1 is 1.07 bits per heavy atom. The highest BCUT2D eigenvalue weighted by molar-refractivity contribution is 5.31. The smallest absolute Gasteiger partial charge is 0.133 e. The van der Waals surface area contributed by atoms with E-state index in [0.717, 1.165) is 44.2 Å². The molecule has 0 aromatic heterocycles. The van der Waals surface area contributed by atoms with E-state index in [-0.39, 0.29) is 11.3 Å². The third-order valence-electron chi connectivity index (χ3n) is 5.89. The second kappa shape index (κ2) is 10.9. The summed E-state index contributed by atoms with van der Waals surface area (Å²) in [6.45, 7) is 6.56. The molecule has 1 saturated heterocycles. The van der Waals surface area contributed by atoms with E-state index >= 15 is 0 Å². The fourth-order valence-corrected chi connectivity index (χ4v) is 3.96.